The van der Waals surface area contributed by atoms with Crippen molar-refractivity contribution in [3.63, 3.8) is 0 Å². The van der Waals surface area contributed by atoms with E-state index in [4.69, 9.17) is 0 Å². The molecule has 3 saturated heterocycles. The first-order valence-corrected chi connectivity index (χ1v) is 11.8. The lowest BCUT2D eigenvalue weighted by Gasteiger charge is -2.55. The Balaban J connectivity index is 1.59. The van der Waals surface area contributed by atoms with Crippen LogP contribution in [0.5, 0.6) is 0 Å². The Kier molecular flexibility index (Phi) is 6.12. The fourth-order valence-corrected chi connectivity index (χ4v) is 6.18. The lowest BCUT2D eigenvalue weighted by Crippen LogP contribution is -2.76. The number of rotatable bonds is 8. The minimum Gasteiger partial charge on any atom is -0.350 e. The molecule has 0 spiro atoms. The molecule has 4 aliphatic rings. The van der Waals surface area contributed by atoms with Crippen molar-refractivity contribution in [2.45, 2.75) is 65.1 Å². The second-order valence-corrected chi connectivity index (χ2v) is 10.7. The molecule has 5 rings (SSSR count). The molecule has 31 heavy (non-hydrogen) atoms. The monoisotopic (exact) mass is 429 g/mol. The third-order valence-electron chi connectivity index (χ3n) is 7.54. The highest BCUT2D eigenvalue weighted by Crippen LogP contribution is 2.54. The Morgan fingerprint density at radius 3 is 2.58 bits per heavy atom. The van der Waals surface area contributed by atoms with Crippen LogP contribution >= 0.6 is 0 Å². The molecule has 1 aliphatic carbocycles. The van der Waals surface area contributed by atoms with Crippen LogP contribution in [-0.4, -0.2) is 41.4 Å². The van der Waals surface area contributed by atoms with E-state index < -0.39 is 5.54 Å². The second kappa shape index (κ2) is 8.53. The molecule has 1 aromatic carbocycles. The number of nitrogens with one attached hydrogen (secondary N) is 2. The van der Waals surface area contributed by atoms with Crippen LogP contribution in [0.3, 0.4) is 0 Å². The highest BCUT2D eigenvalue weighted by atomic mass is 19.1. The Morgan fingerprint density at radius 1 is 1.23 bits per heavy atom. The molecule has 0 radical (unpaired) electrons. The molecule has 5 nitrogen and oxygen atoms in total. The number of carbonyl (C=O) groups is 2. The first kappa shape index (κ1) is 22.3. The fourth-order valence-electron chi connectivity index (χ4n) is 6.18. The van der Waals surface area contributed by atoms with E-state index in [1.54, 1.807) is 12.1 Å². The van der Waals surface area contributed by atoms with Crippen molar-refractivity contribution in [2.24, 2.45) is 29.6 Å². The molecule has 170 valence electrons. The van der Waals surface area contributed by atoms with Crippen molar-refractivity contribution in [1.29, 1.82) is 0 Å². The van der Waals surface area contributed by atoms with Crippen LogP contribution in [0, 0.1) is 35.4 Å². The van der Waals surface area contributed by atoms with E-state index in [0.717, 1.165) is 31.5 Å². The predicted octanol–water partition coefficient (Wildman–Crippen LogP) is 3.34. The number of halogens is 1. The third-order valence-corrected chi connectivity index (χ3v) is 7.54. The first-order chi connectivity index (χ1) is 14.7. The summed E-state index contributed by atoms with van der Waals surface area (Å²) >= 11 is 0. The molecule has 2 N–H and O–H groups in total. The minimum absolute atomic E-state index is 0.00249. The lowest BCUT2D eigenvalue weighted by atomic mass is 9.57. The zero-order valence-electron chi connectivity index (χ0n) is 19.2. The quantitative estimate of drug-likeness (QED) is 0.666. The Morgan fingerprint density at radius 2 is 1.94 bits per heavy atom. The molecule has 3 heterocycles. The highest BCUT2D eigenvalue weighted by molar-refractivity contribution is 5.96. The molecule has 3 aliphatic heterocycles. The van der Waals surface area contributed by atoms with E-state index in [2.05, 4.69) is 43.2 Å². The van der Waals surface area contributed by atoms with Crippen LogP contribution in [0.15, 0.2) is 24.3 Å². The number of carbonyl (C=O) groups excluding carboxylic acids is 2. The van der Waals surface area contributed by atoms with Crippen molar-refractivity contribution in [3.05, 3.63) is 35.6 Å². The first-order valence-electron chi connectivity index (χ1n) is 11.8. The molecule has 0 unspecified atom stereocenters. The number of hydrogen-bond acceptors (Lipinski definition) is 3. The van der Waals surface area contributed by atoms with Gasteiger partial charge in [0.05, 0.1) is 5.92 Å². The number of nitrogens with zero attached hydrogens (tertiary/aromatic N) is 1. The van der Waals surface area contributed by atoms with E-state index in [-0.39, 0.29) is 41.4 Å². The maximum Gasteiger partial charge on any atom is 0.246 e. The molecule has 4 fully saturated rings. The Labute approximate surface area is 185 Å². The average molecular weight is 430 g/mol. The largest absolute Gasteiger partial charge is 0.350 e. The summed E-state index contributed by atoms with van der Waals surface area (Å²) in [5.41, 5.74) is 0.00169. The van der Waals surface area contributed by atoms with Crippen molar-refractivity contribution in [3.8, 4) is 0 Å². The third kappa shape index (κ3) is 4.11. The van der Waals surface area contributed by atoms with Gasteiger partial charge in [-0.1, -0.05) is 39.8 Å². The summed E-state index contributed by atoms with van der Waals surface area (Å²) in [4.78, 5) is 29.2. The van der Waals surface area contributed by atoms with Crippen LogP contribution in [0.2, 0.25) is 0 Å². The average Bonchev–Trinajstić information content (AvgIpc) is 3.02. The molecule has 1 aromatic rings. The minimum atomic E-state index is -0.849. The van der Waals surface area contributed by atoms with Gasteiger partial charge in [0.2, 0.25) is 11.8 Å². The summed E-state index contributed by atoms with van der Waals surface area (Å²) in [5, 5.41) is 6.25. The summed E-state index contributed by atoms with van der Waals surface area (Å²) in [6, 6.07) is 6.33. The van der Waals surface area contributed by atoms with Crippen LogP contribution in [-0.2, 0) is 16.1 Å². The number of fused-ring (bicyclic) bond motifs is 1. The molecule has 1 saturated carbocycles. The predicted molar refractivity (Wildman–Crippen MR) is 118 cm³/mol. The van der Waals surface area contributed by atoms with Gasteiger partial charge in [0, 0.05) is 25.0 Å². The summed E-state index contributed by atoms with van der Waals surface area (Å²) < 4.78 is 13.2. The van der Waals surface area contributed by atoms with E-state index in [9.17, 15) is 14.0 Å². The number of hydrogen-bond donors (Lipinski definition) is 2. The second-order valence-electron chi connectivity index (χ2n) is 10.7. The summed E-state index contributed by atoms with van der Waals surface area (Å²) in [6.07, 6.45) is 2.73. The van der Waals surface area contributed by atoms with Gasteiger partial charge in [-0.3, -0.25) is 14.5 Å². The van der Waals surface area contributed by atoms with Crippen LogP contribution in [0.1, 0.15) is 52.5 Å². The molecule has 4 bridgehead atoms. The van der Waals surface area contributed by atoms with Gasteiger partial charge in [-0.25, -0.2) is 4.39 Å². The fraction of sp³-hybridized carbons (Fsp3) is 0.680. The van der Waals surface area contributed by atoms with E-state index >= 15 is 0 Å². The molecule has 6 heteroatoms. The van der Waals surface area contributed by atoms with Crippen molar-refractivity contribution in [1.82, 2.24) is 15.5 Å². The summed E-state index contributed by atoms with van der Waals surface area (Å²) in [6.45, 7) is 11.1. The van der Waals surface area contributed by atoms with Gasteiger partial charge in [-0.2, -0.15) is 0 Å². The normalized spacial score (nSPS) is 32.0. The van der Waals surface area contributed by atoms with Crippen molar-refractivity contribution >= 4 is 11.8 Å². The maximum absolute atomic E-state index is 13.6. The van der Waals surface area contributed by atoms with Crippen molar-refractivity contribution in [2.75, 3.05) is 13.1 Å². The zero-order chi connectivity index (χ0) is 22.3. The topological polar surface area (TPSA) is 61.4 Å². The van der Waals surface area contributed by atoms with E-state index in [1.807, 2.05) is 0 Å². The van der Waals surface area contributed by atoms with Crippen molar-refractivity contribution < 1.29 is 14.0 Å². The van der Waals surface area contributed by atoms with Crippen LogP contribution in [0.25, 0.3) is 0 Å². The van der Waals surface area contributed by atoms with Crippen LogP contribution < -0.4 is 10.6 Å². The molecule has 0 aromatic heterocycles. The van der Waals surface area contributed by atoms with Gasteiger partial charge in [-0.05, 0) is 61.3 Å². The van der Waals surface area contributed by atoms with Gasteiger partial charge in [0.25, 0.3) is 0 Å². The lowest BCUT2D eigenvalue weighted by molar-refractivity contribution is -0.155. The maximum atomic E-state index is 13.6. The number of piperidine rings is 2. The summed E-state index contributed by atoms with van der Waals surface area (Å²) in [7, 11) is 0. The van der Waals surface area contributed by atoms with Gasteiger partial charge in [-0.15, -0.1) is 0 Å². The van der Waals surface area contributed by atoms with Gasteiger partial charge < -0.3 is 10.6 Å². The molecule has 5 atom stereocenters. The number of benzene rings is 1. The molecular formula is C25H36FN3O2. The van der Waals surface area contributed by atoms with E-state index in [1.165, 1.54) is 12.1 Å². The van der Waals surface area contributed by atoms with Gasteiger partial charge in [0.15, 0.2) is 0 Å². The number of amides is 2. The van der Waals surface area contributed by atoms with E-state index in [0.29, 0.717) is 24.8 Å². The highest BCUT2D eigenvalue weighted by Gasteiger charge is 2.67. The Hall–Kier alpha value is -1.95. The zero-order valence-corrected chi connectivity index (χ0v) is 19.2. The number of likely N-dealkylation sites (tertiary alicyclic amines) is 1. The SMILES string of the molecule is CC(C)CCN1C[C@H]2C[C@]3(C(=O)NCc4ccc(F)cc4)NC(=O)[C@H]2[C@@H]1[C@@H]3CC(C)C. The smallest absolute Gasteiger partial charge is 0.246 e. The summed E-state index contributed by atoms with van der Waals surface area (Å²) in [5.74, 6) is 1.07. The molecular weight excluding hydrogens is 393 g/mol. The standard InChI is InChI=1S/C25H36FN3O2/c1-15(2)9-10-29-14-18-12-25(24(31)27-13-17-5-7-19(26)8-6-17)20(11-16(3)4)22(29)21(18)23(30)28-25/h5-8,15-16,18,20-22H,9-14H2,1-4H3,(H,27,31)(H,28,30)/t18-,20+,21-,22+,25+/m1/s1. The Bertz CT molecular complexity index is 825. The van der Waals surface area contributed by atoms with Gasteiger partial charge >= 0.3 is 0 Å². The van der Waals surface area contributed by atoms with Gasteiger partial charge in [0.1, 0.15) is 11.4 Å². The molecule has 2 amide bonds. The van der Waals surface area contributed by atoms with Crippen LogP contribution in [0.4, 0.5) is 4.39 Å².